The number of furan rings is 4. The Bertz CT molecular complexity index is 7130. The first-order valence-corrected chi connectivity index (χ1v) is 36.4. The first kappa shape index (κ1) is 58.5. The highest BCUT2D eigenvalue weighted by atomic mass is 16.5. The second-order valence-corrected chi connectivity index (χ2v) is 30.2. The molecule has 15 aromatic carbocycles. The lowest BCUT2D eigenvalue weighted by molar-refractivity contribution is 0.287. The number of benzene rings is 15. The minimum atomic E-state index is -0.248. The molecule has 5 heterocycles. The molecule has 7 nitrogen and oxygen atoms in total. The average molecular weight is 1350 g/mol. The molecule has 0 bridgehead atoms. The van der Waals surface area contributed by atoms with Crippen molar-refractivity contribution in [2.24, 2.45) is 0 Å². The lowest BCUT2D eigenvalue weighted by Gasteiger charge is -2.29. The van der Waals surface area contributed by atoms with Crippen molar-refractivity contribution in [1.29, 1.82) is 0 Å². The van der Waals surface area contributed by atoms with Gasteiger partial charge in [-0.1, -0.05) is 198 Å². The van der Waals surface area contributed by atoms with Crippen molar-refractivity contribution in [2.45, 2.75) is 50.5 Å². The van der Waals surface area contributed by atoms with Crippen LogP contribution in [0.25, 0.3) is 155 Å². The molecule has 0 amide bonds. The molecule has 3 aliphatic carbocycles. The summed E-state index contributed by atoms with van der Waals surface area (Å²) in [5.74, 6) is 2.44. The molecule has 23 rings (SSSR count). The van der Waals surface area contributed by atoms with Crippen LogP contribution >= 0.6 is 0 Å². The van der Waals surface area contributed by atoms with Gasteiger partial charge in [0, 0.05) is 105 Å². The molecule has 0 saturated carbocycles. The summed E-state index contributed by atoms with van der Waals surface area (Å²) in [7, 11) is 0. The average Bonchev–Trinajstić information content (AvgIpc) is 1.53. The van der Waals surface area contributed by atoms with Gasteiger partial charge in [0.2, 0.25) is 0 Å². The summed E-state index contributed by atoms with van der Waals surface area (Å²) in [5, 5.41) is 15.8. The number of hydrogen-bond acceptors (Lipinski definition) is 7. The summed E-state index contributed by atoms with van der Waals surface area (Å²) < 4.78 is 34.1. The Balaban J connectivity index is 0.625. The molecule has 7 heteroatoms. The maximum absolute atomic E-state index is 7.11. The van der Waals surface area contributed by atoms with Gasteiger partial charge >= 0.3 is 0 Å². The van der Waals surface area contributed by atoms with Crippen LogP contribution in [0.3, 0.4) is 0 Å². The molecular weight excluding hydrogens is 1290 g/mol. The minimum absolute atomic E-state index is 0.101. The molecule has 0 saturated heterocycles. The number of nitrogens with zero attached hydrogens (tertiary/aromatic N) is 2. The Hall–Kier alpha value is -13.1. The van der Waals surface area contributed by atoms with Crippen LogP contribution in [0.2, 0.25) is 0 Å². The SMILES string of the molecule is CC1(C)c2cc(N(c3ccc4c5c(oc4c3)=CC3c4cc6oc7cc(N(c8ccc9c(c8)C(C)(C)c8ccc%10ccccc%10c8-9)c8cccc9cc(-c%10cc%11ccccc%11o%10)ccc89)ccc7c6cc4OC3C=5)c3cccc4cc(-c5cc6ccccc6o5)ccc34)ccc2-c2c1ccc1ccccc21. The zero-order valence-electron chi connectivity index (χ0n) is 58.0. The minimum Gasteiger partial charge on any atom is -0.485 e. The Kier molecular flexibility index (Phi) is 11.9. The van der Waals surface area contributed by atoms with Crippen LogP contribution in [0.1, 0.15) is 61.4 Å². The normalized spacial score (nSPS) is 15.6. The third-order valence-electron chi connectivity index (χ3n) is 23.7. The van der Waals surface area contributed by atoms with E-state index in [4.69, 9.17) is 22.4 Å². The van der Waals surface area contributed by atoms with Gasteiger partial charge in [-0.3, -0.25) is 0 Å². The van der Waals surface area contributed by atoms with Crippen LogP contribution in [0.4, 0.5) is 34.1 Å². The molecule has 2 atom stereocenters. The molecule has 2 unspecified atom stereocenters. The van der Waals surface area contributed by atoms with Crippen LogP contribution in [0, 0.1) is 0 Å². The van der Waals surface area contributed by atoms with E-state index in [1.54, 1.807) is 0 Å². The maximum atomic E-state index is 7.11. The molecule has 4 aliphatic rings. The first-order chi connectivity index (χ1) is 51.5. The molecule has 496 valence electrons. The van der Waals surface area contributed by atoms with E-state index in [0.717, 1.165) is 155 Å². The highest BCUT2D eigenvalue weighted by Crippen LogP contribution is 2.57. The van der Waals surface area contributed by atoms with Gasteiger partial charge in [0.1, 0.15) is 56.7 Å². The molecule has 0 spiro atoms. The van der Waals surface area contributed by atoms with Crippen molar-refractivity contribution in [3.8, 4) is 50.7 Å². The van der Waals surface area contributed by atoms with E-state index in [1.165, 1.54) is 66.1 Å². The van der Waals surface area contributed by atoms with Gasteiger partial charge in [-0.15, -0.1) is 0 Å². The summed E-state index contributed by atoms with van der Waals surface area (Å²) in [4.78, 5) is 4.83. The zero-order chi connectivity index (χ0) is 69.3. The van der Waals surface area contributed by atoms with Crippen LogP contribution in [-0.4, -0.2) is 6.10 Å². The molecule has 4 aromatic heterocycles. The van der Waals surface area contributed by atoms with Gasteiger partial charge in [-0.25, -0.2) is 0 Å². The van der Waals surface area contributed by atoms with Crippen LogP contribution in [-0.2, 0) is 10.8 Å². The van der Waals surface area contributed by atoms with Crippen molar-refractivity contribution in [3.63, 3.8) is 0 Å². The molecule has 0 N–H and O–H groups in total. The second-order valence-electron chi connectivity index (χ2n) is 30.2. The maximum Gasteiger partial charge on any atom is 0.137 e. The smallest absolute Gasteiger partial charge is 0.137 e. The first-order valence-electron chi connectivity index (χ1n) is 36.4. The number of anilines is 6. The fourth-order valence-electron chi connectivity index (χ4n) is 18.5. The third-order valence-corrected chi connectivity index (χ3v) is 23.7. The lowest BCUT2D eigenvalue weighted by Crippen LogP contribution is -2.32. The Morgan fingerprint density at radius 2 is 0.781 bits per heavy atom. The Labute approximate surface area is 603 Å². The monoisotopic (exact) mass is 1350 g/mol. The van der Waals surface area contributed by atoms with Gasteiger partial charge < -0.3 is 32.2 Å². The number of ether oxygens (including phenoxy) is 1. The summed E-state index contributed by atoms with van der Waals surface area (Å²) in [6, 6.07) is 106. The van der Waals surface area contributed by atoms with E-state index in [0.29, 0.717) is 0 Å². The molecule has 0 radical (unpaired) electrons. The van der Waals surface area contributed by atoms with Crippen molar-refractivity contribution in [1.82, 2.24) is 0 Å². The van der Waals surface area contributed by atoms with Crippen LogP contribution in [0.5, 0.6) is 5.75 Å². The third kappa shape index (κ3) is 8.49. The molecule has 1 aliphatic heterocycles. The van der Waals surface area contributed by atoms with Crippen LogP contribution < -0.4 is 25.2 Å². The van der Waals surface area contributed by atoms with E-state index in [-0.39, 0.29) is 22.9 Å². The van der Waals surface area contributed by atoms with Crippen LogP contribution in [0.15, 0.2) is 309 Å². The van der Waals surface area contributed by atoms with Gasteiger partial charge in [0.25, 0.3) is 0 Å². The Morgan fingerprint density at radius 3 is 1.34 bits per heavy atom. The fraction of sp³-hybridized carbons (Fsp3) is 0.0816. The highest BCUT2D eigenvalue weighted by Gasteiger charge is 2.40. The molecule has 0 fully saturated rings. The summed E-state index contributed by atoms with van der Waals surface area (Å²) >= 11 is 0. The van der Waals surface area contributed by atoms with E-state index < -0.39 is 0 Å². The van der Waals surface area contributed by atoms with Gasteiger partial charge in [0.05, 0.1) is 17.3 Å². The van der Waals surface area contributed by atoms with Crippen molar-refractivity contribution >= 4 is 144 Å². The standard InChI is InChI=1S/C98H64N2O5/c1-97(2)79-41-29-55-15-5-9-21-69(55)95(79)73-39-33-63(47-81(73)97)99(83-23-13-19-57-43-61(27-35-67(57)83)87-45-59-17-7-11-25-85(59)101-87)65-31-37-71-75-51-93-77(53-91(75)103-89(71)49-65)78-54-92-76(52-94(78)105-93)72-38-32-66(50-90(72)104-92)100(64-34-40-74-82(48-64)98(3,4)80-42-30-56-16-6-10-22-70(56)96(74)80)84-24-14-20-58-44-62(28-36-68(58)84)88-46-60-18-8-12-26-86(60)102-88/h5-54,77,93H,1-4H3. The fourth-order valence-corrected chi connectivity index (χ4v) is 18.5. The Morgan fingerprint density at radius 1 is 0.305 bits per heavy atom. The predicted octanol–water partition coefficient (Wildman–Crippen LogP) is 25.4. The quantitative estimate of drug-likeness (QED) is 0.150. The van der Waals surface area contributed by atoms with Crippen molar-refractivity contribution in [3.05, 3.63) is 330 Å². The lowest BCUT2D eigenvalue weighted by atomic mass is 9.82. The zero-order valence-corrected chi connectivity index (χ0v) is 58.0. The predicted molar refractivity (Wildman–Crippen MR) is 430 cm³/mol. The van der Waals surface area contributed by atoms with Gasteiger partial charge in [0.15, 0.2) is 0 Å². The van der Waals surface area contributed by atoms with E-state index in [9.17, 15) is 0 Å². The van der Waals surface area contributed by atoms with Gasteiger partial charge in [-0.2, -0.15) is 0 Å². The summed E-state index contributed by atoms with van der Waals surface area (Å²) in [6.07, 6.45) is 4.30. The van der Waals surface area contributed by atoms with Crippen molar-refractivity contribution < 1.29 is 22.4 Å². The number of fused-ring (bicyclic) bond motifs is 23. The second kappa shape index (κ2) is 21.3. The molecule has 19 aromatic rings. The summed E-state index contributed by atoms with van der Waals surface area (Å²) in [5.41, 5.74) is 24.3. The van der Waals surface area contributed by atoms with E-state index in [2.05, 4.69) is 317 Å². The van der Waals surface area contributed by atoms with E-state index in [1.807, 2.05) is 24.3 Å². The van der Waals surface area contributed by atoms with Gasteiger partial charge in [-0.05, 0) is 198 Å². The highest BCUT2D eigenvalue weighted by molar-refractivity contribution is 6.11. The molecular formula is C98H64N2O5. The van der Waals surface area contributed by atoms with E-state index >= 15 is 0 Å². The van der Waals surface area contributed by atoms with Crippen molar-refractivity contribution in [2.75, 3.05) is 9.80 Å². The number of hydrogen-bond donors (Lipinski definition) is 0. The topological polar surface area (TPSA) is 68.3 Å². The largest absolute Gasteiger partial charge is 0.485 e. The summed E-state index contributed by atoms with van der Waals surface area (Å²) in [6.45, 7) is 9.48. The number of rotatable bonds is 8. The molecule has 105 heavy (non-hydrogen) atoms. The number of para-hydroxylation sites is 2.